The second kappa shape index (κ2) is 18.0. The van der Waals surface area contributed by atoms with E-state index in [1.165, 1.54) is 0 Å². The van der Waals surface area contributed by atoms with Crippen LogP contribution in [-0.4, -0.2) is 5.91 Å². The molecular formula is C27H43NO. The van der Waals surface area contributed by atoms with Gasteiger partial charge in [-0.25, -0.2) is 0 Å². The van der Waals surface area contributed by atoms with Crippen molar-refractivity contribution in [3.05, 3.63) is 72.9 Å². The van der Waals surface area contributed by atoms with Crippen LogP contribution in [0.15, 0.2) is 72.9 Å². The van der Waals surface area contributed by atoms with Gasteiger partial charge in [-0.15, -0.1) is 0 Å². The summed E-state index contributed by atoms with van der Waals surface area (Å²) < 4.78 is 0. The van der Waals surface area contributed by atoms with Gasteiger partial charge in [0.25, 0.3) is 0 Å². The first-order valence-corrected chi connectivity index (χ1v) is 11.1. The molecule has 2 N–H and O–H groups in total. The molecule has 2 nitrogen and oxygen atoms in total. The largest absolute Gasteiger partial charge is 0.369 e. The zero-order chi connectivity index (χ0) is 21.8. The third-order valence-electron chi connectivity index (χ3n) is 4.28. The van der Waals surface area contributed by atoms with E-state index >= 15 is 0 Å². The molecule has 0 aliphatic carbocycles. The van der Waals surface area contributed by atoms with Crippen LogP contribution in [-0.2, 0) is 4.79 Å². The Morgan fingerprint density at radius 2 is 1.03 bits per heavy atom. The Kier molecular flexibility index (Phi) is 16.7. The molecule has 0 aliphatic heterocycles. The fraction of sp³-hybridized carbons (Fsp3) is 0.519. The molecule has 0 rings (SSSR count). The van der Waals surface area contributed by atoms with E-state index in [0.717, 1.165) is 51.4 Å². The minimum absolute atomic E-state index is 0.0698. The highest BCUT2D eigenvalue weighted by molar-refractivity contribution is 5.76. The molecule has 0 fully saturated rings. The first-order valence-electron chi connectivity index (χ1n) is 11.1. The lowest BCUT2D eigenvalue weighted by atomic mass is 9.83. The maximum atomic E-state index is 11.5. The highest BCUT2D eigenvalue weighted by atomic mass is 16.1. The zero-order valence-corrected chi connectivity index (χ0v) is 19.1. The Hall–Kier alpha value is -2.09. The summed E-state index contributed by atoms with van der Waals surface area (Å²) in [5.74, 6) is -0.265. The number of rotatable bonds is 15. The molecule has 0 spiro atoms. The van der Waals surface area contributed by atoms with Crippen molar-refractivity contribution in [2.45, 2.75) is 79.1 Å². The third-order valence-corrected chi connectivity index (χ3v) is 4.28. The summed E-state index contributed by atoms with van der Waals surface area (Å²) >= 11 is 0. The fourth-order valence-corrected chi connectivity index (χ4v) is 2.82. The summed E-state index contributed by atoms with van der Waals surface area (Å²) in [5, 5.41) is 0. The van der Waals surface area contributed by atoms with Gasteiger partial charge in [0.2, 0.25) is 5.91 Å². The standard InChI is InChI=1S/C27H43NO/c1-5-6-7-8-9-10-11-12-13-14-15-16-17-18-19-20-21-22-23-25(26(28)29)24-27(2,3)4/h6-7,9-10,12-13,15-16,18-19,21-22,25H,5,8,11,14,17,20,23-24H2,1-4H3,(H2,28,29)/b7-6+,10-9+,13-12+,16-15+,19-18+,22-21+. The van der Waals surface area contributed by atoms with Crippen molar-refractivity contribution in [1.82, 2.24) is 0 Å². The van der Waals surface area contributed by atoms with E-state index < -0.39 is 0 Å². The van der Waals surface area contributed by atoms with Gasteiger partial charge in [0, 0.05) is 5.92 Å². The SMILES string of the molecule is CC/C=C/C/C=C/C/C=C/C/C=C/C/C=C/C/C=C/CC(CC(C)(C)C)C(N)=O. The Bertz CT molecular complexity index is 582. The maximum Gasteiger partial charge on any atom is 0.220 e. The molecule has 0 aromatic rings. The smallest absolute Gasteiger partial charge is 0.220 e. The fourth-order valence-electron chi connectivity index (χ4n) is 2.82. The third kappa shape index (κ3) is 20.5. The molecule has 29 heavy (non-hydrogen) atoms. The molecule has 1 unspecified atom stereocenters. The Morgan fingerprint density at radius 3 is 1.34 bits per heavy atom. The Balaban J connectivity index is 3.84. The quantitative estimate of drug-likeness (QED) is 0.284. The van der Waals surface area contributed by atoms with Crippen LogP contribution in [0.3, 0.4) is 0 Å². The molecule has 1 amide bonds. The summed E-state index contributed by atoms with van der Waals surface area (Å²) in [6.45, 7) is 8.58. The van der Waals surface area contributed by atoms with Crippen molar-refractivity contribution in [2.24, 2.45) is 17.1 Å². The van der Waals surface area contributed by atoms with Crippen LogP contribution in [0.5, 0.6) is 0 Å². The molecule has 0 aliphatic rings. The van der Waals surface area contributed by atoms with Crippen molar-refractivity contribution in [3.8, 4) is 0 Å². The van der Waals surface area contributed by atoms with E-state index in [4.69, 9.17) is 5.73 Å². The lowest BCUT2D eigenvalue weighted by Gasteiger charge is -2.22. The van der Waals surface area contributed by atoms with Crippen molar-refractivity contribution in [2.75, 3.05) is 0 Å². The number of nitrogens with two attached hydrogens (primary N) is 1. The first-order chi connectivity index (χ1) is 13.9. The molecule has 0 radical (unpaired) electrons. The van der Waals surface area contributed by atoms with Crippen molar-refractivity contribution in [3.63, 3.8) is 0 Å². The number of carbonyl (C=O) groups excluding carboxylic acids is 1. The normalized spacial score (nSPS) is 14.6. The number of hydrogen-bond donors (Lipinski definition) is 1. The average Bonchev–Trinajstić information content (AvgIpc) is 2.65. The van der Waals surface area contributed by atoms with Gasteiger partial charge in [0.1, 0.15) is 0 Å². The van der Waals surface area contributed by atoms with Crippen LogP contribution in [0.25, 0.3) is 0 Å². The highest BCUT2D eigenvalue weighted by Crippen LogP contribution is 2.26. The van der Waals surface area contributed by atoms with E-state index in [9.17, 15) is 4.79 Å². The van der Waals surface area contributed by atoms with Gasteiger partial charge >= 0.3 is 0 Å². The molecule has 0 aromatic carbocycles. The summed E-state index contributed by atoms with van der Waals surface area (Å²) in [7, 11) is 0. The van der Waals surface area contributed by atoms with E-state index in [1.54, 1.807) is 0 Å². The monoisotopic (exact) mass is 397 g/mol. The van der Waals surface area contributed by atoms with E-state index in [-0.39, 0.29) is 17.2 Å². The lowest BCUT2D eigenvalue weighted by molar-refractivity contribution is -0.122. The van der Waals surface area contributed by atoms with E-state index in [1.807, 2.05) is 0 Å². The second-order valence-electron chi connectivity index (χ2n) is 8.51. The number of allylic oxidation sites excluding steroid dienone is 12. The van der Waals surface area contributed by atoms with Crippen molar-refractivity contribution in [1.29, 1.82) is 0 Å². The lowest BCUT2D eigenvalue weighted by Crippen LogP contribution is -2.26. The first kappa shape index (κ1) is 26.9. The number of amides is 1. The molecule has 0 aromatic heterocycles. The predicted octanol–water partition coefficient (Wildman–Crippen LogP) is 7.61. The van der Waals surface area contributed by atoms with E-state index in [2.05, 4.69) is 101 Å². The number of carbonyl (C=O) groups is 1. The van der Waals surface area contributed by atoms with Gasteiger partial charge in [-0.1, -0.05) is 101 Å². The van der Waals surface area contributed by atoms with E-state index in [0.29, 0.717) is 0 Å². The number of hydrogen-bond acceptors (Lipinski definition) is 1. The van der Waals surface area contributed by atoms with Crippen LogP contribution in [0.4, 0.5) is 0 Å². The zero-order valence-electron chi connectivity index (χ0n) is 19.1. The second-order valence-corrected chi connectivity index (χ2v) is 8.51. The van der Waals surface area contributed by atoms with Crippen LogP contribution >= 0.6 is 0 Å². The van der Waals surface area contributed by atoms with Gasteiger partial charge in [-0.2, -0.15) is 0 Å². The topological polar surface area (TPSA) is 43.1 Å². The molecule has 0 saturated heterocycles. The summed E-state index contributed by atoms with van der Waals surface area (Å²) in [6, 6.07) is 0. The molecular weight excluding hydrogens is 354 g/mol. The maximum absolute atomic E-state index is 11.5. The van der Waals surface area contributed by atoms with Crippen LogP contribution in [0, 0.1) is 11.3 Å². The minimum atomic E-state index is -0.195. The molecule has 0 heterocycles. The highest BCUT2D eigenvalue weighted by Gasteiger charge is 2.21. The van der Waals surface area contributed by atoms with Crippen LogP contribution < -0.4 is 5.73 Å². The van der Waals surface area contributed by atoms with Crippen LogP contribution in [0.2, 0.25) is 0 Å². The molecule has 2 heteroatoms. The predicted molar refractivity (Wildman–Crippen MR) is 130 cm³/mol. The Morgan fingerprint density at radius 1 is 0.690 bits per heavy atom. The van der Waals surface area contributed by atoms with Gasteiger partial charge in [0.05, 0.1) is 0 Å². The minimum Gasteiger partial charge on any atom is -0.369 e. The summed E-state index contributed by atoms with van der Waals surface area (Å²) in [6.07, 6.45) is 33.7. The van der Waals surface area contributed by atoms with Gasteiger partial charge in [-0.05, 0) is 56.8 Å². The van der Waals surface area contributed by atoms with Gasteiger partial charge in [-0.3, -0.25) is 4.79 Å². The number of primary amides is 1. The average molecular weight is 398 g/mol. The van der Waals surface area contributed by atoms with Gasteiger partial charge in [0.15, 0.2) is 0 Å². The molecule has 162 valence electrons. The summed E-state index contributed by atoms with van der Waals surface area (Å²) in [4.78, 5) is 11.5. The van der Waals surface area contributed by atoms with Gasteiger partial charge < -0.3 is 5.73 Å². The van der Waals surface area contributed by atoms with Crippen molar-refractivity contribution < 1.29 is 4.79 Å². The molecule has 0 bridgehead atoms. The molecule has 1 atom stereocenters. The summed E-state index contributed by atoms with van der Waals surface area (Å²) in [5.41, 5.74) is 5.64. The van der Waals surface area contributed by atoms with Crippen molar-refractivity contribution >= 4 is 5.91 Å². The van der Waals surface area contributed by atoms with Crippen LogP contribution in [0.1, 0.15) is 79.1 Å². The Labute approximate surface area is 180 Å². The molecule has 0 saturated carbocycles.